The Balaban J connectivity index is 1.33. The molecule has 1 aliphatic rings. The Morgan fingerprint density at radius 3 is 2.48 bits per heavy atom. The van der Waals surface area contributed by atoms with E-state index in [-0.39, 0.29) is 12.3 Å². The van der Waals surface area contributed by atoms with Gasteiger partial charge >= 0.3 is 0 Å². The van der Waals surface area contributed by atoms with Crippen LogP contribution in [0.5, 0.6) is 5.75 Å². The average Bonchev–Trinajstić information content (AvgIpc) is 2.84. The largest absolute Gasteiger partial charge is 0.550 e. The van der Waals surface area contributed by atoms with Gasteiger partial charge in [-0.2, -0.15) is 0 Å². The highest BCUT2D eigenvalue weighted by atomic mass is 16.5. The highest BCUT2D eigenvalue weighted by Crippen LogP contribution is 2.28. The number of nitrogens with zero attached hydrogens (tertiary/aromatic N) is 1. The van der Waals surface area contributed by atoms with Crippen molar-refractivity contribution in [2.45, 2.75) is 45.3 Å². The van der Waals surface area contributed by atoms with E-state index in [1.807, 2.05) is 24.3 Å². The van der Waals surface area contributed by atoms with E-state index in [4.69, 9.17) is 4.74 Å². The Kier molecular flexibility index (Phi) is 7.32. The van der Waals surface area contributed by atoms with Gasteiger partial charge in [0.05, 0.1) is 5.92 Å². The number of carbonyl (C=O) groups is 1. The molecule has 0 fully saturated rings. The van der Waals surface area contributed by atoms with Gasteiger partial charge in [0.15, 0.2) is 0 Å². The predicted molar refractivity (Wildman–Crippen MR) is 129 cm³/mol. The zero-order valence-corrected chi connectivity index (χ0v) is 18.9. The first-order valence-electron chi connectivity index (χ1n) is 11.4. The lowest BCUT2D eigenvalue weighted by Gasteiger charge is -2.31. The summed E-state index contributed by atoms with van der Waals surface area (Å²) < 4.78 is 5.93. The Morgan fingerprint density at radius 1 is 1.03 bits per heavy atom. The Bertz CT molecular complexity index is 1140. The second-order valence-electron chi connectivity index (χ2n) is 8.35. The summed E-state index contributed by atoms with van der Waals surface area (Å²) in [5, 5.41) is 11.0. The normalized spacial score (nSPS) is 13.4. The lowest BCUT2D eigenvalue weighted by molar-refractivity contribution is -0.305. The van der Waals surface area contributed by atoms with Gasteiger partial charge in [-0.1, -0.05) is 60.5 Å². The smallest absolute Gasteiger partial charge is 0.119 e. The van der Waals surface area contributed by atoms with Crippen molar-refractivity contribution in [1.29, 1.82) is 0 Å². The molecule has 4 nitrogen and oxygen atoms in total. The minimum atomic E-state index is -1.10. The molecule has 4 heteroatoms. The fraction of sp³-hybridized carbons (Fsp3) is 0.276. The van der Waals surface area contributed by atoms with E-state index >= 15 is 0 Å². The first-order chi connectivity index (χ1) is 16.1. The molecule has 0 saturated heterocycles. The molecule has 4 rings (SSSR count). The first-order valence-corrected chi connectivity index (χ1v) is 11.4. The Morgan fingerprint density at radius 2 is 1.76 bits per heavy atom. The third-order valence-electron chi connectivity index (χ3n) is 5.98. The van der Waals surface area contributed by atoms with Gasteiger partial charge < -0.3 is 19.5 Å². The summed E-state index contributed by atoms with van der Waals surface area (Å²) in [4.78, 5) is 13.4. The van der Waals surface area contributed by atoms with E-state index in [0.29, 0.717) is 6.61 Å². The van der Waals surface area contributed by atoms with Gasteiger partial charge in [0.1, 0.15) is 12.4 Å². The van der Waals surface area contributed by atoms with Gasteiger partial charge in [-0.25, -0.2) is 0 Å². The molecule has 168 valence electrons. The number of carboxylic acids is 1. The number of aryl methyl sites for hydroxylation is 1. The molecule has 0 amide bonds. The van der Waals surface area contributed by atoms with Gasteiger partial charge in [-0.15, -0.1) is 5.92 Å². The zero-order chi connectivity index (χ0) is 23.0. The maximum absolute atomic E-state index is 11.0. The molecule has 0 aliphatic carbocycles. The molecule has 0 aromatic heterocycles. The van der Waals surface area contributed by atoms with Gasteiger partial charge in [-0.3, -0.25) is 0 Å². The van der Waals surface area contributed by atoms with Gasteiger partial charge in [-0.05, 0) is 60.2 Å². The van der Waals surface area contributed by atoms with Crippen LogP contribution in [0.3, 0.4) is 0 Å². The van der Waals surface area contributed by atoms with E-state index in [1.165, 1.54) is 23.2 Å². The van der Waals surface area contributed by atoms with Crippen molar-refractivity contribution < 1.29 is 14.6 Å². The van der Waals surface area contributed by atoms with Crippen molar-refractivity contribution in [3.05, 3.63) is 95.1 Å². The second kappa shape index (κ2) is 10.7. The lowest BCUT2D eigenvalue weighted by atomic mass is 9.96. The number of hydrogen-bond donors (Lipinski definition) is 0. The molecule has 0 spiro atoms. The molecule has 1 aliphatic heterocycles. The van der Waals surface area contributed by atoms with Crippen LogP contribution in [-0.4, -0.2) is 12.5 Å². The third-order valence-corrected chi connectivity index (χ3v) is 5.98. The average molecular weight is 439 g/mol. The fourth-order valence-electron chi connectivity index (χ4n) is 4.29. The van der Waals surface area contributed by atoms with Crippen LogP contribution in [0.25, 0.3) is 0 Å². The number of aliphatic carboxylic acids is 1. The topological polar surface area (TPSA) is 52.6 Å². The molecule has 0 bridgehead atoms. The van der Waals surface area contributed by atoms with E-state index in [0.717, 1.165) is 36.4 Å². The fourth-order valence-corrected chi connectivity index (χ4v) is 4.29. The Labute approximate surface area is 195 Å². The van der Waals surface area contributed by atoms with E-state index in [9.17, 15) is 9.90 Å². The SMILES string of the molecule is CC#C[C@@H](CC(=O)[O-])c1ccc(OCc2ccc(CN3CCCc4ccccc43)cc2)cc1. The highest BCUT2D eigenvalue weighted by molar-refractivity contribution is 5.66. The first kappa shape index (κ1) is 22.5. The Hall–Kier alpha value is -3.71. The van der Waals surface area contributed by atoms with Crippen molar-refractivity contribution in [3.8, 4) is 17.6 Å². The van der Waals surface area contributed by atoms with Gasteiger partial charge in [0.25, 0.3) is 0 Å². The summed E-state index contributed by atoms with van der Waals surface area (Å²) >= 11 is 0. The molecule has 0 unspecified atom stereocenters. The summed E-state index contributed by atoms with van der Waals surface area (Å²) in [5.74, 6) is 5.00. The molecule has 0 saturated carbocycles. The molecule has 0 radical (unpaired) electrons. The summed E-state index contributed by atoms with van der Waals surface area (Å²) in [5.41, 5.74) is 6.03. The molecule has 3 aromatic carbocycles. The van der Waals surface area contributed by atoms with Crippen LogP contribution >= 0.6 is 0 Å². The van der Waals surface area contributed by atoms with E-state index in [2.05, 4.69) is 65.3 Å². The third kappa shape index (κ3) is 5.96. The van der Waals surface area contributed by atoms with Crippen LogP contribution in [-0.2, 0) is 24.4 Å². The minimum absolute atomic E-state index is 0.115. The standard InChI is InChI=1S/C29H29NO3/c1-2-6-26(19-29(31)32)24-14-16-27(17-15-24)33-21-23-12-10-22(11-13-23)20-30-18-5-8-25-7-3-4-9-28(25)30/h3-4,7,9-17,26H,5,8,18-21H2,1H3,(H,31,32)/p-1/t26-/m0/s1. The summed E-state index contributed by atoms with van der Waals surface area (Å²) in [6.45, 7) is 4.18. The van der Waals surface area contributed by atoms with Crippen LogP contribution in [0.1, 0.15) is 47.9 Å². The number of fused-ring (bicyclic) bond motifs is 1. The van der Waals surface area contributed by atoms with Gasteiger partial charge in [0, 0.05) is 31.2 Å². The maximum Gasteiger partial charge on any atom is 0.119 e. The molecule has 1 heterocycles. The molecule has 0 N–H and O–H groups in total. The van der Waals surface area contributed by atoms with Gasteiger partial charge in [0.2, 0.25) is 0 Å². The number of benzene rings is 3. The highest BCUT2D eigenvalue weighted by Gasteiger charge is 2.16. The summed E-state index contributed by atoms with van der Waals surface area (Å²) in [6.07, 6.45) is 2.24. The van der Waals surface area contributed by atoms with Crippen LogP contribution in [0.15, 0.2) is 72.8 Å². The number of ether oxygens (including phenoxy) is 1. The number of carbonyl (C=O) groups excluding carboxylic acids is 1. The number of para-hydroxylation sites is 1. The molecule has 33 heavy (non-hydrogen) atoms. The lowest BCUT2D eigenvalue weighted by Crippen LogP contribution is -2.28. The van der Waals surface area contributed by atoms with Crippen molar-refractivity contribution in [2.24, 2.45) is 0 Å². The number of carboxylic acid groups (broad SMARTS) is 1. The quantitative estimate of drug-likeness (QED) is 0.487. The molecule has 3 aromatic rings. The number of anilines is 1. The number of rotatable bonds is 8. The molecule has 1 atom stereocenters. The van der Waals surface area contributed by atoms with Crippen molar-refractivity contribution >= 4 is 11.7 Å². The van der Waals surface area contributed by atoms with Crippen LogP contribution in [0, 0.1) is 11.8 Å². The monoisotopic (exact) mass is 438 g/mol. The molecular weight excluding hydrogens is 410 g/mol. The predicted octanol–water partition coefficient (Wildman–Crippen LogP) is 4.47. The zero-order valence-electron chi connectivity index (χ0n) is 18.9. The van der Waals surface area contributed by atoms with Crippen molar-refractivity contribution in [3.63, 3.8) is 0 Å². The van der Waals surface area contributed by atoms with E-state index < -0.39 is 5.97 Å². The summed E-state index contributed by atoms with van der Waals surface area (Å²) in [7, 11) is 0. The van der Waals surface area contributed by atoms with Crippen molar-refractivity contribution in [1.82, 2.24) is 0 Å². The minimum Gasteiger partial charge on any atom is -0.550 e. The summed E-state index contributed by atoms with van der Waals surface area (Å²) in [6, 6.07) is 24.7. The van der Waals surface area contributed by atoms with Crippen LogP contribution in [0.2, 0.25) is 0 Å². The van der Waals surface area contributed by atoms with Crippen molar-refractivity contribution in [2.75, 3.05) is 11.4 Å². The maximum atomic E-state index is 11.0. The van der Waals surface area contributed by atoms with E-state index in [1.54, 1.807) is 6.92 Å². The van der Waals surface area contributed by atoms with Crippen LogP contribution in [0.4, 0.5) is 5.69 Å². The molecular formula is C29H28NO3-. The number of hydrogen-bond acceptors (Lipinski definition) is 4. The van der Waals surface area contributed by atoms with Crippen LogP contribution < -0.4 is 14.7 Å². The second-order valence-corrected chi connectivity index (χ2v) is 8.35.